The largest absolute Gasteiger partial charge is 0.497 e. The van der Waals surface area contributed by atoms with E-state index in [1.165, 1.54) is 10.7 Å². The van der Waals surface area contributed by atoms with Gasteiger partial charge in [0.05, 0.1) is 19.3 Å². The summed E-state index contributed by atoms with van der Waals surface area (Å²) in [6.07, 6.45) is 2.26. The molecular formula is C18H21N3O4. The van der Waals surface area contributed by atoms with Crippen LogP contribution in [0.5, 0.6) is 11.5 Å². The summed E-state index contributed by atoms with van der Waals surface area (Å²) in [6.45, 7) is 0.559. The van der Waals surface area contributed by atoms with Gasteiger partial charge in [-0.05, 0) is 31.0 Å². The minimum Gasteiger partial charge on any atom is -0.497 e. The maximum Gasteiger partial charge on any atom is 0.266 e. The van der Waals surface area contributed by atoms with E-state index in [1.807, 2.05) is 0 Å². The summed E-state index contributed by atoms with van der Waals surface area (Å²) in [4.78, 5) is 23.7. The number of methoxy groups -OCH3 is 1. The highest BCUT2D eigenvalue weighted by molar-refractivity contribution is 5.77. The summed E-state index contributed by atoms with van der Waals surface area (Å²) < 4.78 is 11.9. The van der Waals surface area contributed by atoms with Crippen molar-refractivity contribution < 1.29 is 14.3 Å². The molecule has 1 aliphatic rings. The summed E-state index contributed by atoms with van der Waals surface area (Å²) in [6, 6.07) is 10.4. The van der Waals surface area contributed by atoms with Crippen LogP contribution in [0.3, 0.4) is 0 Å². The first-order valence-electron chi connectivity index (χ1n) is 8.27. The molecule has 1 fully saturated rings. The van der Waals surface area contributed by atoms with Gasteiger partial charge in [0.15, 0.2) is 6.61 Å². The number of aromatic nitrogens is 2. The number of carbonyl (C=O) groups excluding carboxylic acids is 1. The lowest BCUT2D eigenvalue weighted by atomic mass is 10.3. The fourth-order valence-electron chi connectivity index (χ4n) is 2.41. The van der Waals surface area contributed by atoms with Crippen molar-refractivity contribution in [1.29, 1.82) is 0 Å². The van der Waals surface area contributed by atoms with Gasteiger partial charge >= 0.3 is 0 Å². The quantitative estimate of drug-likeness (QED) is 0.782. The molecule has 0 bridgehead atoms. The zero-order valence-corrected chi connectivity index (χ0v) is 14.1. The van der Waals surface area contributed by atoms with Crippen LogP contribution in [0, 0.1) is 0 Å². The van der Waals surface area contributed by atoms with E-state index in [4.69, 9.17) is 9.47 Å². The predicted octanol–water partition coefficient (Wildman–Crippen LogP) is 1.32. The molecule has 1 heterocycles. The first-order valence-corrected chi connectivity index (χ1v) is 8.27. The molecule has 0 spiro atoms. The Labute approximate surface area is 145 Å². The third kappa shape index (κ3) is 4.82. The van der Waals surface area contributed by atoms with E-state index in [1.54, 1.807) is 37.4 Å². The van der Waals surface area contributed by atoms with Crippen molar-refractivity contribution in [2.45, 2.75) is 25.3 Å². The Morgan fingerprint density at radius 2 is 2.08 bits per heavy atom. The van der Waals surface area contributed by atoms with Crippen LogP contribution < -0.4 is 20.3 Å². The van der Waals surface area contributed by atoms with E-state index in [0.29, 0.717) is 30.5 Å². The van der Waals surface area contributed by atoms with Crippen LogP contribution >= 0.6 is 0 Å². The number of carbonyl (C=O) groups is 1. The number of amides is 1. The Hall–Kier alpha value is -2.83. The Kier molecular flexibility index (Phi) is 5.33. The number of hydrogen-bond acceptors (Lipinski definition) is 5. The molecule has 1 aromatic carbocycles. The molecule has 1 N–H and O–H groups in total. The third-order valence-electron chi connectivity index (χ3n) is 3.94. The van der Waals surface area contributed by atoms with E-state index >= 15 is 0 Å². The van der Waals surface area contributed by atoms with Crippen molar-refractivity contribution in [1.82, 2.24) is 15.1 Å². The molecule has 1 saturated carbocycles. The van der Waals surface area contributed by atoms with Crippen molar-refractivity contribution in [3.8, 4) is 11.5 Å². The standard InChI is InChI=1S/C18H21N3O4/c1-24-14-3-2-4-15(11-14)25-12-17(22)19-9-10-21-18(23)8-7-16(20-21)13-5-6-13/h2-4,7-8,11,13H,5-6,9-10,12H2,1H3,(H,19,22). The Bertz CT molecular complexity index is 799. The lowest BCUT2D eigenvalue weighted by Gasteiger charge is -2.09. The molecule has 3 rings (SSSR count). The van der Waals surface area contributed by atoms with E-state index < -0.39 is 0 Å². The smallest absolute Gasteiger partial charge is 0.266 e. The van der Waals surface area contributed by atoms with Crippen LogP contribution in [0.1, 0.15) is 24.5 Å². The Morgan fingerprint density at radius 1 is 1.28 bits per heavy atom. The van der Waals surface area contributed by atoms with E-state index in [0.717, 1.165) is 18.5 Å². The Morgan fingerprint density at radius 3 is 2.84 bits per heavy atom. The zero-order valence-electron chi connectivity index (χ0n) is 14.1. The summed E-state index contributed by atoms with van der Waals surface area (Å²) in [5.41, 5.74) is 0.790. The minimum absolute atomic E-state index is 0.0996. The second kappa shape index (κ2) is 7.83. The average molecular weight is 343 g/mol. The topological polar surface area (TPSA) is 82.4 Å². The average Bonchev–Trinajstić information content (AvgIpc) is 3.47. The van der Waals surface area contributed by atoms with E-state index in [-0.39, 0.29) is 18.1 Å². The molecule has 0 unspecified atom stereocenters. The van der Waals surface area contributed by atoms with Gasteiger partial charge in [0.25, 0.3) is 11.5 Å². The molecule has 7 nitrogen and oxygen atoms in total. The lowest BCUT2D eigenvalue weighted by molar-refractivity contribution is -0.123. The van der Waals surface area contributed by atoms with Crippen LogP contribution in [-0.2, 0) is 11.3 Å². The van der Waals surface area contributed by atoms with Crippen molar-refractivity contribution in [3.63, 3.8) is 0 Å². The number of benzene rings is 1. The number of nitrogens with zero attached hydrogens (tertiary/aromatic N) is 2. The number of nitrogens with one attached hydrogen (secondary N) is 1. The SMILES string of the molecule is COc1cccc(OCC(=O)NCCn2nc(C3CC3)ccc2=O)c1. The van der Waals surface area contributed by atoms with Gasteiger partial charge in [0.2, 0.25) is 0 Å². The highest BCUT2D eigenvalue weighted by Gasteiger charge is 2.25. The second-order valence-electron chi connectivity index (χ2n) is 5.91. The van der Waals surface area contributed by atoms with Gasteiger partial charge in [0, 0.05) is 24.6 Å². The molecule has 0 saturated heterocycles. The zero-order chi connectivity index (χ0) is 17.6. The van der Waals surface area contributed by atoms with E-state index in [2.05, 4.69) is 10.4 Å². The highest BCUT2D eigenvalue weighted by Crippen LogP contribution is 2.38. The number of hydrogen-bond donors (Lipinski definition) is 1. The third-order valence-corrected chi connectivity index (χ3v) is 3.94. The van der Waals surface area contributed by atoms with Crippen LogP contribution in [-0.4, -0.2) is 35.9 Å². The Balaban J connectivity index is 1.44. The number of ether oxygens (including phenoxy) is 2. The van der Waals surface area contributed by atoms with Gasteiger partial charge < -0.3 is 14.8 Å². The van der Waals surface area contributed by atoms with Crippen LogP contribution in [0.2, 0.25) is 0 Å². The molecule has 1 aliphatic carbocycles. The summed E-state index contributed by atoms with van der Waals surface area (Å²) >= 11 is 0. The molecule has 132 valence electrons. The molecule has 0 atom stereocenters. The van der Waals surface area contributed by atoms with E-state index in [9.17, 15) is 9.59 Å². The van der Waals surface area contributed by atoms with Gasteiger partial charge in [0.1, 0.15) is 11.5 Å². The van der Waals surface area contributed by atoms with Crippen molar-refractivity contribution in [3.05, 3.63) is 52.4 Å². The molecular weight excluding hydrogens is 322 g/mol. The monoisotopic (exact) mass is 343 g/mol. The van der Waals surface area contributed by atoms with Gasteiger partial charge in [-0.3, -0.25) is 9.59 Å². The fraction of sp³-hybridized carbons (Fsp3) is 0.389. The first-order chi connectivity index (χ1) is 12.2. The molecule has 2 aromatic rings. The first kappa shape index (κ1) is 17.0. The van der Waals surface area contributed by atoms with Crippen molar-refractivity contribution in [2.24, 2.45) is 0 Å². The summed E-state index contributed by atoms with van der Waals surface area (Å²) in [5, 5.41) is 7.08. The molecule has 0 aliphatic heterocycles. The van der Waals surface area contributed by atoms with Crippen molar-refractivity contribution in [2.75, 3.05) is 20.3 Å². The number of rotatable bonds is 8. The van der Waals surface area contributed by atoms with Gasteiger partial charge in [-0.15, -0.1) is 0 Å². The molecule has 1 amide bonds. The highest BCUT2D eigenvalue weighted by atomic mass is 16.5. The maximum absolute atomic E-state index is 11.9. The van der Waals surface area contributed by atoms with Gasteiger partial charge in [-0.1, -0.05) is 6.07 Å². The van der Waals surface area contributed by atoms with Gasteiger partial charge in [-0.25, -0.2) is 4.68 Å². The molecule has 25 heavy (non-hydrogen) atoms. The normalized spacial score (nSPS) is 13.3. The summed E-state index contributed by atoms with van der Waals surface area (Å²) in [5.74, 6) is 1.45. The molecule has 0 radical (unpaired) electrons. The maximum atomic E-state index is 11.9. The predicted molar refractivity (Wildman–Crippen MR) is 92.0 cm³/mol. The molecule has 1 aromatic heterocycles. The van der Waals surface area contributed by atoms with Crippen LogP contribution in [0.4, 0.5) is 0 Å². The van der Waals surface area contributed by atoms with Crippen molar-refractivity contribution >= 4 is 5.91 Å². The van der Waals surface area contributed by atoms with Gasteiger partial charge in [-0.2, -0.15) is 5.10 Å². The molecule has 7 heteroatoms. The van der Waals surface area contributed by atoms with Crippen LogP contribution in [0.15, 0.2) is 41.2 Å². The lowest BCUT2D eigenvalue weighted by Crippen LogP contribution is -2.34. The second-order valence-corrected chi connectivity index (χ2v) is 5.91. The fourth-order valence-corrected chi connectivity index (χ4v) is 2.41. The minimum atomic E-state index is -0.255. The van der Waals surface area contributed by atoms with Crippen LogP contribution in [0.25, 0.3) is 0 Å². The summed E-state index contributed by atoms with van der Waals surface area (Å²) in [7, 11) is 1.57.